The number of unbranched alkanes of at least 4 members (excludes halogenated alkanes) is 3. The van der Waals surface area contributed by atoms with E-state index in [1.165, 1.54) is 12.0 Å². The second kappa shape index (κ2) is 8.32. The molecule has 0 saturated heterocycles. The minimum atomic E-state index is 0.0223. The first-order valence-corrected chi connectivity index (χ1v) is 7.89. The highest BCUT2D eigenvalue weighted by Crippen LogP contribution is 2.09. The molecule has 0 radical (unpaired) electrons. The molecule has 0 aliphatic carbocycles. The lowest BCUT2D eigenvalue weighted by Crippen LogP contribution is -2.24. The molecule has 0 unspecified atom stereocenters. The van der Waals surface area contributed by atoms with Gasteiger partial charge in [0.05, 0.1) is 0 Å². The van der Waals surface area contributed by atoms with Gasteiger partial charge in [-0.15, -0.1) is 10.2 Å². The highest BCUT2D eigenvalue weighted by Gasteiger charge is 2.07. The van der Waals surface area contributed by atoms with Crippen molar-refractivity contribution in [3.05, 3.63) is 47.5 Å². The number of amides is 1. The van der Waals surface area contributed by atoms with Crippen molar-refractivity contribution in [3.63, 3.8) is 0 Å². The molecule has 5 heteroatoms. The van der Waals surface area contributed by atoms with Crippen LogP contribution in [0.4, 0.5) is 0 Å². The van der Waals surface area contributed by atoms with Crippen molar-refractivity contribution in [3.8, 4) is 0 Å². The van der Waals surface area contributed by atoms with E-state index < -0.39 is 0 Å². The first kappa shape index (κ1) is 16.2. The van der Waals surface area contributed by atoms with Crippen molar-refractivity contribution in [2.75, 3.05) is 5.43 Å². The number of nitrogens with one attached hydrogen (secondary N) is 1. The van der Waals surface area contributed by atoms with Crippen LogP contribution in [0, 0.1) is 13.8 Å². The summed E-state index contributed by atoms with van der Waals surface area (Å²) in [5.41, 5.74) is 4.22. The smallest absolute Gasteiger partial charge is 0.238 e. The molecule has 1 aromatic heterocycles. The van der Waals surface area contributed by atoms with Gasteiger partial charge in [0.1, 0.15) is 11.6 Å². The Morgan fingerprint density at radius 1 is 1.00 bits per heavy atom. The van der Waals surface area contributed by atoms with Crippen LogP contribution in [0.1, 0.15) is 49.3 Å². The minimum Gasteiger partial charge on any atom is -0.273 e. The summed E-state index contributed by atoms with van der Waals surface area (Å²) in [6, 6.07) is 10.5. The van der Waals surface area contributed by atoms with Gasteiger partial charge in [-0.05, 0) is 38.7 Å². The number of hydrogen-bond acceptors (Lipinski definition) is 3. The lowest BCUT2D eigenvalue weighted by molar-refractivity contribution is -0.117. The van der Waals surface area contributed by atoms with E-state index in [0.29, 0.717) is 18.1 Å². The van der Waals surface area contributed by atoms with Crippen LogP contribution < -0.4 is 5.43 Å². The van der Waals surface area contributed by atoms with Gasteiger partial charge in [-0.25, -0.2) is 4.68 Å². The quantitative estimate of drug-likeness (QED) is 0.762. The summed E-state index contributed by atoms with van der Waals surface area (Å²) < 4.78 is 1.64. The van der Waals surface area contributed by atoms with Crippen molar-refractivity contribution in [2.24, 2.45) is 0 Å². The van der Waals surface area contributed by atoms with E-state index in [9.17, 15) is 4.79 Å². The summed E-state index contributed by atoms with van der Waals surface area (Å²) in [6.07, 6.45) is 6.00. The van der Waals surface area contributed by atoms with Crippen molar-refractivity contribution >= 4 is 5.91 Å². The Bertz CT molecular complexity index is 572. The topological polar surface area (TPSA) is 59.8 Å². The fourth-order valence-electron chi connectivity index (χ4n) is 2.42. The summed E-state index contributed by atoms with van der Waals surface area (Å²) in [5, 5.41) is 7.83. The van der Waals surface area contributed by atoms with Crippen molar-refractivity contribution in [2.45, 2.75) is 52.4 Å². The van der Waals surface area contributed by atoms with Crippen LogP contribution in [0.5, 0.6) is 0 Å². The lowest BCUT2D eigenvalue weighted by atomic mass is 10.1. The number of aryl methyl sites for hydroxylation is 3. The van der Waals surface area contributed by atoms with Gasteiger partial charge in [-0.1, -0.05) is 43.2 Å². The molecule has 0 atom stereocenters. The average molecular weight is 300 g/mol. The molecule has 5 nitrogen and oxygen atoms in total. The first-order chi connectivity index (χ1) is 10.7. The van der Waals surface area contributed by atoms with Crippen LogP contribution in [0.3, 0.4) is 0 Å². The van der Waals surface area contributed by atoms with Gasteiger partial charge in [0.25, 0.3) is 0 Å². The highest BCUT2D eigenvalue weighted by atomic mass is 16.2. The Hall–Kier alpha value is -2.17. The Kier molecular flexibility index (Phi) is 6.13. The number of hydrogen-bond donors (Lipinski definition) is 1. The third-order valence-electron chi connectivity index (χ3n) is 3.69. The molecule has 22 heavy (non-hydrogen) atoms. The second-order valence-corrected chi connectivity index (χ2v) is 5.56. The third-order valence-corrected chi connectivity index (χ3v) is 3.69. The second-order valence-electron chi connectivity index (χ2n) is 5.56. The summed E-state index contributed by atoms with van der Waals surface area (Å²) in [4.78, 5) is 11.9. The molecule has 1 N–H and O–H groups in total. The standard InChI is InChI=1S/C17H24N4O/c1-14-18-19-15(2)21(14)20-17(22)13-9-4-3-6-10-16-11-7-5-8-12-16/h5,7-8,11-12H,3-4,6,9-10,13H2,1-2H3,(H,20,22). The molecule has 2 rings (SSSR count). The predicted octanol–water partition coefficient (Wildman–Crippen LogP) is 3.16. The van der Waals surface area contributed by atoms with Gasteiger partial charge in [0, 0.05) is 6.42 Å². The number of carbonyl (C=O) groups excluding carboxylic acids is 1. The van der Waals surface area contributed by atoms with Crippen LogP contribution in [0.25, 0.3) is 0 Å². The van der Waals surface area contributed by atoms with Crippen molar-refractivity contribution in [1.82, 2.24) is 14.9 Å². The predicted molar refractivity (Wildman–Crippen MR) is 87.1 cm³/mol. The van der Waals surface area contributed by atoms with E-state index in [2.05, 4.69) is 39.9 Å². The summed E-state index contributed by atoms with van der Waals surface area (Å²) in [7, 11) is 0. The van der Waals surface area contributed by atoms with E-state index in [-0.39, 0.29) is 5.91 Å². The molecule has 0 fully saturated rings. The summed E-state index contributed by atoms with van der Waals surface area (Å²) in [5.74, 6) is 1.43. The van der Waals surface area contributed by atoms with E-state index in [1.54, 1.807) is 4.68 Å². The number of rotatable bonds is 8. The van der Waals surface area contributed by atoms with Crippen LogP contribution in [0.15, 0.2) is 30.3 Å². The Balaban J connectivity index is 1.58. The van der Waals surface area contributed by atoms with E-state index >= 15 is 0 Å². The first-order valence-electron chi connectivity index (χ1n) is 7.89. The molecule has 1 amide bonds. The molecule has 1 heterocycles. The summed E-state index contributed by atoms with van der Waals surface area (Å²) >= 11 is 0. The monoisotopic (exact) mass is 300 g/mol. The number of aromatic nitrogens is 3. The molecule has 0 spiro atoms. The zero-order valence-corrected chi connectivity index (χ0v) is 13.4. The fraction of sp³-hybridized carbons (Fsp3) is 0.471. The van der Waals surface area contributed by atoms with E-state index in [0.717, 1.165) is 25.7 Å². The van der Waals surface area contributed by atoms with E-state index in [4.69, 9.17) is 0 Å². The third kappa shape index (κ3) is 4.98. The molecule has 0 aliphatic heterocycles. The molecular formula is C17H24N4O. The number of benzene rings is 1. The molecule has 2 aromatic rings. The SMILES string of the molecule is Cc1nnc(C)n1NC(=O)CCCCCCc1ccccc1. The van der Waals surface area contributed by atoms with Gasteiger partial charge in [0.15, 0.2) is 0 Å². The van der Waals surface area contributed by atoms with Crippen LogP contribution in [0.2, 0.25) is 0 Å². The van der Waals surface area contributed by atoms with E-state index in [1.807, 2.05) is 19.9 Å². The zero-order chi connectivity index (χ0) is 15.8. The maximum absolute atomic E-state index is 11.9. The van der Waals surface area contributed by atoms with Gasteiger partial charge in [-0.2, -0.15) is 0 Å². The fourth-order valence-corrected chi connectivity index (χ4v) is 2.42. The molecular weight excluding hydrogens is 276 g/mol. The van der Waals surface area contributed by atoms with Gasteiger partial charge in [-0.3, -0.25) is 10.2 Å². The van der Waals surface area contributed by atoms with Gasteiger partial charge in [0.2, 0.25) is 5.91 Å². The van der Waals surface area contributed by atoms with Crippen LogP contribution >= 0.6 is 0 Å². The highest BCUT2D eigenvalue weighted by molar-refractivity contribution is 5.83. The number of nitrogens with zero attached hydrogens (tertiary/aromatic N) is 3. The summed E-state index contributed by atoms with van der Waals surface area (Å²) in [6.45, 7) is 3.65. The Labute approximate surface area is 131 Å². The molecule has 0 aliphatic rings. The van der Waals surface area contributed by atoms with Gasteiger partial charge < -0.3 is 0 Å². The molecule has 1 aromatic carbocycles. The lowest BCUT2D eigenvalue weighted by Gasteiger charge is -2.08. The average Bonchev–Trinajstić information content (AvgIpc) is 2.83. The maximum atomic E-state index is 11.9. The Morgan fingerprint density at radius 2 is 1.64 bits per heavy atom. The Morgan fingerprint density at radius 3 is 2.32 bits per heavy atom. The van der Waals surface area contributed by atoms with Gasteiger partial charge >= 0.3 is 0 Å². The molecule has 0 bridgehead atoms. The largest absolute Gasteiger partial charge is 0.273 e. The van der Waals surface area contributed by atoms with Crippen molar-refractivity contribution < 1.29 is 4.79 Å². The zero-order valence-electron chi connectivity index (χ0n) is 13.4. The van der Waals surface area contributed by atoms with Crippen LogP contribution in [-0.2, 0) is 11.2 Å². The molecule has 118 valence electrons. The number of carbonyl (C=O) groups is 1. The molecule has 0 saturated carbocycles. The van der Waals surface area contributed by atoms with Crippen molar-refractivity contribution in [1.29, 1.82) is 0 Å². The normalized spacial score (nSPS) is 10.6. The van der Waals surface area contributed by atoms with Crippen LogP contribution in [-0.4, -0.2) is 20.8 Å². The minimum absolute atomic E-state index is 0.0223. The maximum Gasteiger partial charge on any atom is 0.238 e.